The topological polar surface area (TPSA) is 109 Å². The molecule has 0 aliphatic heterocycles. The van der Waals surface area contributed by atoms with Gasteiger partial charge in [0.2, 0.25) is 10.0 Å². The van der Waals surface area contributed by atoms with E-state index in [4.69, 9.17) is 4.42 Å². The van der Waals surface area contributed by atoms with Crippen LogP contribution in [0.2, 0.25) is 0 Å². The van der Waals surface area contributed by atoms with Crippen molar-refractivity contribution in [3.05, 3.63) is 77.6 Å². The van der Waals surface area contributed by atoms with Gasteiger partial charge in [0.15, 0.2) is 0 Å². The largest absolute Gasteiger partial charge is 0.455 e. The Kier molecular flexibility index (Phi) is 9.81. The second kappa shape index (κ2) is 13.0. The average Bonchev–Trinajstić information content (AvgIpc) is 3.36. The maximum atomic E-state index is 13.7. The summed E-state index contributed by atoms with van der Waals surface area (Å²) >= 11 is 0. The fourth-order valence-corrected chi connectivity index (χ4v) is 5.57. The predicted molar refractivity (Wildman–Crippen MR) is 157 cm³/mol. The molecule has 0 aliphatic carbocycles. The molecule has 0 bridgehead atoms. The molecule has 1 heterocycles. The Morgan fingerprint density at radius 2 is 1.52 bits per heavy atom. The van der Waals surface area contributed by atoms with Crippen molar-refractivity contribution in [3.63, 3.8) is 0 Å². The fraction of sp³-hybridized carbons (Fsp3) is 0.267. The standard InChI is InChI=1S/C30H24F9N3O5S/c1-40-27(44)24-21-13-20(17-4-3-5-18(12-17)26(43)41-15-28(32,33)30(37,38)39)22(42(48(2,45)46)11-10-29(34,35)36)14-23(21)47-25(24)16-6-8-19(31)9-7-16/h3-9,12-14H,10-11,15H2,1-2H3,(H,40,44)(H,41,43). The summed E-state index contributed by atoms with van der Waals surface area (Å²) in [6.45, 7) is -3.23. The van der Waals surface area contributed by atoms with Crippen molar-refractivity contribution in [3.8, 4) is 22.5 Å². The number of fused-ring (bicyclic) bond motifs is 1. The van der Waals surface area contributed by atoms with Gasteiger partial charge in [-0.2, -0.15) is 35.1 Å². The molecule has 2 N–H and O–H groups in total. The van der Waals surface area contributed by atoms with Crippen LogP contribution >= 0.6 is 0 Å². The molecular weight excluding hydrogens is 685 g/mol. The fourth-order valence-electron chi connectivity index (χ4n) is 4.64. The first kappa shape index (κ1) is 36.1. The Balaban J connectivity index is 1.97. The highest BCUT2D eigenvalue weighted by molar-refractivity contribution is 7.92. The summed E-state index contributed by atoms with van der Waals surface area (Å²) in [4.78, 5) is 25.7. The number of benzene rings is 3. The van der Waals surface area contributed by atoms with Gasteiger partial charge in [-0.25, -0.2) is 12.8 Å². The van der Waals surface area contributed by atoms with Crippen LogP contribution in [-0.4, -0.2) is 64.9 Å². The van der Waals surface area contributed by atoms with Gasteiger partial charge < -0.3 is 15.1 Å². The molecule has 48 heavy (non-hydrogen) atoms. The summed E-state index contributed by atoms with van der Waals surface area (Å²) in [7, 11) is -3.21. The number of hydrogen-bond donors (Lipinski definition) is 2. The van der Waals surface area contributed by atoms with E-state index in [1.54, 1.807) is 0 Å². The maximum Gasteiger partial charge on any atom is 0.455 e. The summed E-state index contributed by atoms with van der Waals surface area (Å²) in [5.74, 6) is -8.13. The number of halogens is 9. The number of hydrogen-bond acceptors (Lipinski definition) is 5. The van der Waals surface area contributed by atoms with E-state index in [0.717, 1.165) is 30.3 Å². The Bertz CT molecular complexity index is 1960. The first-order valence-electron chi connectivity index (χ1n) is 13.6. The molecule has 258 valence electrons. The van der Waals surface area contributed by atoms with Crippen LogP contribution in [0.1, 0.15) is 27.1 Å². The molecule has 0 saturated heterocycles. The molecule has 0 atom stereocenters. The minimum absolute atomic E-state index is 0.00336. The molecule has 3 aromatic carbocycles. The van der Waals surface area contributed by atoms with Crippen LogP contribution in [0.4, 0.5) is 45.2 Å². The summed E-state index contributed by atoms with van der Waals surface area (Å²) in [6, 6.07) is 11.4. The highest BCUT2D eigenvalue weighted by Crippen LogP contribution is 2.42. The van der Waals surface area contributed by atoms with Gasteiger partial charge in [-0.3, -0.25) is 13.9 Å². The third-order valence-corrected chi connectivity index (χ3v) is 8.14. The van der Waals surface area contributed by atoms with Crippen molar-refractivity contribution >= 4 is 38.5 Å². The van der Waals surface area contributed by atoms with Gasteiger partial charge in [-0.05, 0) is 48.0 Å². The van der Waals surface area contributed by atoms with Gasteiger partial charge in [0, 0.05) is 41.7 Å². The number of carbonyl (C=O) groups excluding carboxylic acids is 2. The Morgan fingerprint density at radius 3 is 2.08 bits per heavy atom. The van der Waals surface area contributed by atoms with Gasteiger partial charge in [-0.15, -0.1) is 0 Å². The lowest BCUT2D eigenvalue weighted by Crippen LogP contribution is -2.46. The first-order chi connectivity index (χ1) is 22.1. The zero-order valence-corrected chi connectivity index (χ0v) is 25.5. The maximum absolute atomic E-state index is 13.7. The molecule has 1 aromatic heterocycles. The lowest BCUT2D eigenvalue weighted by Gasteiger charge is -2.26. The van der Waals surface area contributed by atoms with Gasteiger partial charge in [0.05, 0.1) is 30.5 Å². The van der Waals surface area contributed by atoms with Crippen molar-refractivity contribution in [2.45, 2.75) is 24.7 Å². The molecule has 0 aliphatic rings. The van der Waals surface area contributed by atoms with Crippen LogP contribution in [0, 0.1) is 5.82 Å². The Hall–Kier alpha value is -4.74. The van der Waals surface area contributed by atoms with Gasteiger partial charge in [-0.1, -0.05) is 12.1 Å². The van der Waals surface area contributed by atoms with Crippen LogP contribution in [0.5, 0.6) is 0 Å². The van der Waals surface area contributed by atoms with Crippen molar-refractivity contribution in [2.24, 2.45) is 0 Å². The Labute approximate surface area is 266 Å². The van der Waals surface area contributed by atoms with E-state index in [-0.39, 0.29) is 39.0 Å². The van der Waals surface area contributed by atoms with E-state index in [0.29, 0.717) is 10.6 Å². The third-order valence-electron chi connectivity index (χ3n) is 6.96. The zero-order chi connectivity index (χ0) is 35.8. The van der Waals surface area contributed by atoms with Gasteiger partial charge >= 0.3 is 18.3 Å². The third kappa shape index (κ3) is 7.86. The molecule has 0 unspecified atom stereocenters. The van der Waals surface area contributed by atoms with Crippen molar-refractivity contribution in [1.82, 2.24) is 10.6 Å². The molecule has 0 spiro atoms. The van der Waals surface area contributed by atoms with Crippen LogP contribution in [-0.2, 0) is 10.0 Å². The number of amides is 2. The van der Waals surface area contributed by atoms with Crippen LogP contribution in [0.15, 0.2) is 65.1 Å². The molecule has 0 radical (unpaired) electrons. The lowest BCUT2D eigenvalue weighted by molar-refractivity contribution is -0.278. The molecule has 0 saturated carbocycles. The highest BCUT2D eigenvalue weighted by atomic mass is 32.2. The van der Waals surface area contributed by atoms with Crippen LogP contribution in [0.3, 0.4) is 0 Å². The summed E-state index contributed by atoms with van der Waals surface area (Å²) < 4.78 is 150. The lowest BCUT2D eigenvalue weighted by atomic mass is 9.97. The van der Waals surface area contributed by atoms with E-state index in [1.165, 1.54) is 42.7 Å². The number of anilines is 1. The SMILES string of the molecule is CNC(=O)c1c(-c2ccc(F)cc2)oc2cc(N(CCC(F)(F)F)S(C)(=O)=O)c(-c3cccc(C(=O)NCC(F)(F)C(F)(F)F)c3)cc12. The molecule has 2 amide bonds. The Morgan fingerprint density at radius 1 is 0.875 bits per heavy atom. The van der Waals surface area contributed by atoms with E-state index < -0.39 is 76.7 Å². The molecule has 4 aromatic rings. The number of nitrogens with zero attached hydrogens (tertiary/aromatic N) is 1. The van der Waals surface area contributed by atoms with Crippen LogP contribution in [0.25, 0.3) is 33.4 Å². The van der Waals surface area contributed by atoms with Gasteiger partial charge in [0.25, 0.3) is 11.8 Å². The summed E-state index contributed by atoms with van der Waals surface area (Å²) in [5.41, 5.74) is -1.31. The van der Waals surface area contributed by atoms with E-state index in [2.05, 4.69) is 5.32 Å². The minimum Gasteiger partial charge on any atom is -0.455 e. The van der Waals surface area contributed by atoms with E-state index in [1.807, 2.05) is 0 Å². The summed E-state index contributed by atoms with van der Waals surface area (Å²) in [5, 5.41) is 3.87. The van der Waals surface area contributed by atoms with Crippen molar-refractivity contribution in [2.75, 3.05) is 30.7 Å². The zero-order valence-electron chi connectivity index (χ0n) is 24.7. The van der Waals surface area contributed by atoms with Crippen molar-refractivity contribution < 1.29 is 61.9 Å². The smallest absolute Gasteiger partial charge is 0.455 e. The first-order valence-corrected chi connectivity index (χ1v) is 15.4. The summed E-state index contributed by atoms with van der Waals surface area (Å²) in [6.07, 6.45) is -11.7. The number of carbonyl (C=O) groups is 2. The number of rotatable bonds is 10. The normalized spacial score (nSPS) is 12.6. The molecule has 8 nitrogen and oxygen atoms in total. The van der Waals surface area contributed by atoms with Crippen LogP contribution < -0.4 is 14.9 Å². The molecule has 0 fully saturated rings. The number of alkyl halides is 8. The highest BCUT2D eigenvalue weighted by Gasteiger charge is 2.57. The van der Waals surface area contributed by atoms with E-state index >= 15 is 0 Å². The van der Waals surface area contributed by atoms with Crippen molar-refractivity contribution in [1.29, 1.82) is 0 Å². The predicted octanol–water partition coefficient (Wildman–Crippen LogP) is 6.91. The second-order valence-corrected chi connectivity index (χ2v) is 12.3. The quantitative estimate of drug-likeness (QED) is 0.174. The second-order valence-electron chi connectivity index (χ2n) is 10.4. The average molecular weight is 710 g/mol. The van der Waals surface area contributed by atoms with E-state index in [9.17, 15) is 57.5 Å². The monoisotopic (exact) mass is 709 g/mol. The number of sulfonamides is 1. The molecular formula is C30H24F9N3O5S. The number of furan rings is 1. The number of nitrogens with one attached hydrogen (secondary N) is 2. The molecule has 4 rings (SSSR count). The molecule has 18 heteroatoms. The van der Waals surface area contributed by atoms with Gasteiger partial charge in [0.1, 0.15) is 17.2 Å². The minimum atomic E-state index is -5.96.